The Hall–Kier alpha value is -2.62. The second-order valence-corrected chi connectivity index (χ2v) is 6.95. The van der Waals surface area contributed by atoms with Gasteiger partial charge < -0.3 is 14.4 Å². The number of nitrogens with zero attached hydrogens (tertiary/aromatic N) is 1. The molecule has 0 spiro atoms. The maximum absolute atomic E-state index is 12.7. The highest BCUT2D eigenvalue weighted by atomic mass is 16.6. The van der Waals surface area contributed by atoms with E-state index >= 15 is 0 Å². The first kappa shape index (κ1) is 18.2. The van der Waals surface area contributed by atoms with E-state index in [0.29, 0.717) is 18.9 Å². The molecule has 1 amide bonds. The second-order valence-electron chi connectivity index (χ2n) is 6.95. The van der Waals surface area contributed by atoms with E-state index in [4.69, 9.17) is 4.74 Å². The van der Waals surface area contributed by atoms with Crippen LogP contribution >= 0.6 is 0 Å². The summed E-state index contributed by atoms with van der Waals surface area (Å²) in [5, 5.41) is 0. The summed E-state index contributed by atoms with van der Waals surface area (Å²) in [5.41, 5.74) is 3.26. The van der Waals surface area contributed by atoms with Crippen LogP contribution in [0.4, 0.5) is 4.79 Å². The van der Waals surface area contributed by atoms with E-state index < -0.39 is 0 Å². The third kappa shape index (κ3) is 4.51. The van der Waals surface area contributed by atoms with Crippen molar-refractivity contribution >= 4 is 12.4 Å². The predicted octanol–water partition coefficient (Wildman–Crippen LogP) is 4.67. The average Bonchev–Trinajstić information content (AvgIpc) is 2.68. The number of carbonyl (C=O) groups is 2. The zero-order valence-corrected chi connectivity index (χ0v) is 15.1. The maximum Gasteiger partial charge on any atom is 0.410 e. The van der Waals surface area contributed by atoms with Gasteiger partial charge in [0.2, 0.25) is 0 Å². The van der Waals surface area contributed by atoms with Gasteiger partial charge in [0.15, 0.2) is 0 Å². The van der Waals surface area contributed by atoms with Crippen LogP contribution in [0.15, 0.2) is 54.6 Å². The maximum atomic E-state index is 12.7. The van der Waals surface area contributed by atoms with Gasteiger partial charge in [-0.05, 0) is 36.8 Å². The van der Waals surface area contributed by atoms with Crippen molar-refractivity contribution in [3.8, 4) is 0 Å². The van der Waals surface area contributed by atoms with E-state index in [1.165, 1.54) is 5.56 Å². The van der Waals surface area contributed by atoms with E-state index in [2.05, 4.69) is 24.3 Å². The van der Waals surface area contributed by atoms with E-state index in [0.717, 1.165) is 30.3 Å². The highest BCUT2D eigenvalue weighted by molar-refractivity contribution is 5.68. The minimum absolute atomic E-state index is 0.0439. The molecule has 0 bridgehead atoms. The number of likely N-dealkylation sites (tertiary alicyclic amines) is 1. The first-order valence-electron chi connectivity index (χ1n) is 9.15. The van der Waals surface area contributed by atoms with Crippen molar-refractivity contribution < 1.29 is 14.3 Å². The van der Waals surface area contributed by atoms with Gasteiger partial charge in [-0.2, -0.15) is 0 Å². The van der Waals surface area contributed by atoms with Crippen LogP contribution in [0.25, 0.3) is 0 Å². The number of amides is 1. The zero-order chi connectivity index (χ0) is 18.4. The molecule has 2 aromatic carbocycles. The summed E-state index contributed by atoms with van der Waals surface area (Å²) in [6.07, 6.45) is 2.88. The van der Waals surface area contributed by atoms with Crippen LogP contribution in [-0.4, -0.2) is 23.8 Å². The third-order valence-corrected chi connectivity index (χ3v) is 5.04. The Morgan fingerprint density at radius 2 is 1.88 bits per heavy atom. The van der Waals surface area contributed by atoms with Gasteiger partial charge in [-0.3, -0.25) is 0 Å². The summed E-state index contributed by atoms with van der Waals surface area (Å²) < 4.78 is 5.56. The van der Waals surface area contributed by atoms with Gasteiger partial charge in [-0.1, -0.05) is 60.2 Å². The van der Waals surface area contributed by atoms with Gasteiger partial charge in [0.1, 0.15) is 12.9 Å². The fourth-order valence-electron chi connectivity index (χ4n) is 3.51. The molecule has 0 aromatic heterocycles. The molecule has 3 rings (SSSR count). The van der Waals surface area contributed by atoms with Gasteiger partial charge in [-0.15, -0.1) is 0 Å². The number of hydrogen-bond acceptors (Lipinski definition) is 3. The molecular formula is C22H25NO3. The number of rotatable bonds is 5. The minimum Gasteiger partial charge on any atom is -0.445 e. The SMILES string of the molecule is Cc1ccc([C@@H]2C[C@@H](CC=O)CCN2C(=O)OCc2ccccc2)cc1. The fourth-order valence-corrected chi connectivity index (χ4v) is 3.51. The third-order valence-electron chi connectivity index (χ3n) is 5.04. The molecule has 2 aromatic rings. The van der Waals surface area contributed by atoms with Gasteiger partial charge >= 0.3 is 6.09 Å². The summed E-state index contributed by atoms with van der Waals surface area (Å²) in [7, 11) is 0. The smallest absolute Gasteiger partial charge is 0.410 e. The minimum atomic E-state index is -0.288. The summed E-state index contributed by atoms with van der Waals surface area (Å²) in [4.78, 5) is 25.5. The molecule has 4 nitrogen and oxygen atoms in total. The molecule has 1 heterocycles. The van der Waals surface area contributed by atoms with Crippen molar-refractivity contribution in [2.45, 2.75) is 38.8 Å². The van der Waals surface area contributed by atoms with Crippen LogP contribution in [-0.2, 0) is 16.1 Å². The van der Waals surface area contributed by atoms with Gasteiger partial charge in [0.25, 0.3) is 0 Å². The molecule has 0 radical (unpaired) electrons. The molecule has 1 aliphatic heterocycles. The van der Waals surface area contributed by atoms with Crippen molar-refractivity contribution in [1.29, 1.82) is 0 Å². The number of hydrogen-bond donors (Lipinski definition) is 0. The summed E-state index contributed by atoms with van der Waals surface area (Å²) in [5.74, 6) is 0.317. The lowest BCUT2D eigenvalue weighted by molar-refractivity contribution is -0.109. The Labute approximate surface area is 154 Å². The van der Waals surface area contributed by atoms with E-state index in [-0.39, 0.29) is 18.7 Å². The number of aryl methyl sites for hydroxylation is 1. The zero-order valence-electron chi connectivity index (χ0n) is 15.1. The highest BCUT2D eigenvalue weighted by Crippen LogP contribution is 2.36. The van der Waals surface area contributed by atoms with Crippen LogP contribution < -0.4 is 0 Å². The summed E-state index contributed by atoms with van der Waals surface area (Å²) in [6.45, 7) is 2.94. The van der Waals surface area contributed by atoms with Crippen LogP contribution in [0.3, 0.4) is 0 Å². The quantitative estimate of drug-likeness (QED) is 0.735. The normalized spacial score (nSPS) is 19.8. The van der Waals surface area contributed by atoms with Crippen LogP contribution in [0.2, 0.25) is 0 Å². The molecule has 136 valence electrons. The highest BCUT2D eigenvalue weighted by Gasteiger charge is 2.33. The van der Waals surface area contributed by atoms with Crippen molar-refractivity contribution in [3.05, 3.63) is 71.3 Å². The van der Waals surface area contributed by atoms with Crippen LogP contribution in [0, 0.1) is 12.8 Å². The van der Waals surface area contributed by atoms with E-state index in [1.54, 1.807) is 0 Å². The largest absolute Gasteiger partial charge is 0.445 e. The molecular weight excluding hydrogens is 326 g/mol. The van der Waals surface area contributed by atoms with Crippen molar-refractivity contribution in [3.63, 3.8) is 0 Å². The average molecular weight is 351 g/mol. The Kier molecular flexibility index (Phi) is 6.05. The summed E-state index contributed by atoms with van der Waals surface area (Å²) in [6, 6.07) is 17.9. The lowest BCUT2D eigenvalue weighted by Gasteiger charge is -2.38. The number of benzene rings is 2. The molecule has 0 unspecified atom stereocenters. The van der Waals surface area contributed by atoms with Crippen molar-refractivity contribution in [2.24, 2.45) is 5.92 Å². The van der Waals surface area contributed by atoms with Gasteiger partial charge in [-0.25, -0.2) is 4.79 Å². The van der Waals surface area contributed by atoms with E-state index in [9.17, 15) is 9.59 Å². The second kappa shape index (κ2) is 8.65. The topological polar surface area (TPSA) is 46.6 Å². The van der Waals surface area contributed by atoms with E-state index in [1.807, 2.05) is 42.2 Å². The fraction of sp³-hybridized carbons (Fsp3) is 0.364. The lowest BCUT2D eigenvalue weighted by atomic mass is 9.85. The number of ether oxygens (including phenoxy) is 1. The van der Waals surface area contributed by atoms with Crippen LogP contribution in [0.1, 0.15) is 42.0 Å². The Balaban J connectivity index is 1.72. The summed E-state index contributed by atoms with van der Waals surface area (Å²) >= 11 is 0. The molecule has 1 aliphatic rings. The Morgan fingerprint density at radius 3 is 2.58 bits per heavy atom. The van der Waals surface area contributed by atoms with Crippen molar-refractivity contribution in [1.82, 2.24) is 4.90 Å². The van der Waals surface area contributed by atoms with Crippen molar-refractivity contribution in [2.75, 3.05) is 6.54 Å². The Bertz CT molecular complexity index is 727. The number of aldehydes is 1. The predicted molar refractivity (Wildman–Crippen MR) is 101 cm³/mol. The molecule has 1 saturated heterocycles. The van der Waals surface area contributed by atoms with Gasteiger partial charge in [0, 0.05) is 13.0 Å². The molecule has 0 N–H and O–H groups in total. The first-order chi connectivity index (χ1) is 12.7. The number of piperidine rings is 1. The van der Waals surface area contributed by atoms with Gasteiger partial charge in [0.05, 0.1) is 6.04 Å². The molecule has 26 heavy (non-hydrogen) atoms. The standard InChI is InChI=1S/C22H25NO3/c1-17-7-9-20(10-8-17)21-15-18(12-14-24)11-13-23(21)22(25)26-16-19-5-3-2-4-6-19/h2-10,14,18,21H,11-13,15-16H2,1H3/t18-,21+/m1/s1. The monoisotopic (exact) mass is 351 g/mol. The molecule has 0 aliphatic carbocycles. The lowest BCUT2D eigenvalue weighted by Crippen LogP contribution is -2.41. The molecule has 0 saturated carbocycles. The number of carbonyl (C=O) groups excluding carboxylic acids is 2. The van der Waals surface area contributed by atoms with Crippen LogP contribution in [0.5, 0.6) is 0 Å². The first-order valence-corrected chi connectivity index (χ1v) is 9.15. The molecule has 2 atom stereocenters. The molecule has 4 heteroatoms. The molecule has 1 fully saturated rings. The Morgan fingerprint density at radius 1 is 1.15 bits per heavy atom.